The molecule has 2 N–H and O–H groups in total. The number of phenols is 1. The highest BCUT2D eigenvalue weighted by molar-refractivity contribution is 5.87. The molecule has 0 saturated carbocycles. The predicted octanol–water partition coefficient (Wildman–Crippen LogP) is 2.27. The Morgan fingerprint density at radius 3 is 3.00 bits per heavy atom. The number of aromatic nitrogens is 1. The van der Waals surface area contributed by atoms with Crippen LogP contribution < -0.4 is 4.74 Å². The first kappa shape index (κ1) is 7.98. The Bertz CT molecular complexity index is 420. The van der Waals surface area contributed by atoms with E-state index in [9.17, 15) is 5.11 Å². The largest absolute Gasteiger partial charge is 0.507 e. The average molecular weight is 177 g/mol. The van der Waals surface area contributed by atoms with Crippen LogP contribution in [0.15, 0.2) is 24.3 Å². The van der Waals surface area contributed by atoms with E-state index >= 15 is 0 Å². The van der Waals surface area contributed by atoms with Crippen LogP contribution in [-0.2, 0) is 0 Å². The zero-order valence-corrected chi connectivity index (χ0v) is 7.37. The summed E-state index contributed by atoms with van der Waals surface area (Å²) >= 11 is 0. The van der Waals surface area contributed by atoms with Crippen LogP contribution in [0, 0.1) is 0 Å². The van der Waals surface area contributed by atoms with E-state index in [0.29, 0.717) is 12.5 Å². The fraction of sp³-hybridized carbons (Fsp3) is 0.200. The molecule has 68 valence electrons. The first-order valence-corrected chi connectivity index (χ1v) is 4.24. The molecule has 0 saturated heterocycles. The van der Waals surface area contributed by atoms with E-state index < -0.39 is 0 Å². The van der Waals surface area contributed by atoms with Gasteiger partial charge >= 0.3 is 0 Å². The molecule has 0 aliphatic heterocycles. The summed E-state index contributed by atoms with van der Waals surface area (Å²) < 4.78 is 5.28. The number of rotatable bonds is 2. The van der Waals surface area contributed by atoms with Gasteiger partial charge in [-0.3, -0.25) is 0 Å². The van der Waals surface area contributed by atoms with Crippen molar-refractivity contribution >= 4 is 10.9 Å². The van der Waals surface area contributed by atoms with Crippen molar-refractivity contribution < 1.29 is 9.84 Å². The minimum absolute atomic E-state index is 0.278. The van der Waals surface area contributed by atoms with E-state index in [1.54, 1.807) is 18.2 Å². The Labute approximate surface area is 76.0 Å². The summed E-state index contributed by atoms with van der Waals surface area (Å²) in [5, 5.41) is 10.3. The van der Waals surface area contributed by atoms with E-state index in [0.717, 1.165) is 10.9 Å². The third-order valence-corrected chi connectivity index (χ3v) is 1.92. The number of fused-ring (bicyclic) bond motifs is 1. The van der Waals surface area contributed by atoms with Gasteiger partial charge in [0.2, 0.25) is 0 Å². The van der Waals surface area contributed by atoms with Gasteiger partial charge in [0.05, 0.1) is 12.1 Å². The van der Waals surface area contributed by atoms with Gasteiger partial charge in [-0.25, -0.2) is 0 Å². The van der Waals surface area contributed by atoms with E-state index in [1.165, 1.54) is 0 Å². The van der Waals surface area contributed by atoms with Crippen molar-refractivity contribution in [3.8, 4) is 11.6 Å². The second kappa shape index (κ2) is 3.01. The van der Waals surface area contributed by atoms with Crippen LogP contribution in [0.4, 0.5) is 0 Å². The van der Waals surface area contributed by atoms with Gasteiger partial charge in [0, 0.05) is 11.5 Å². The molecule has 0 spiro atoms. The van der Waals surface area contributed by atoms with Crippen LogP contribution in [0.5, 0.6) is 11.6 Å². The van der Waals surface area contributed by atoms with Gasteiger partial charge in [-0.05, 0) is 19.1 Å². The van der Waals surface area contributed by atoms with Crippen LogP contribution >= 0.6 is 0 Å². The number of H-pyrrole nitrogens is 1. The molecule has 3 heteroatoms. The molecular weight excluding hydrogens is 166 g/mol. The van der Waals surface area contributed by atoms with Crippen molar-refractivity contribution in [3.05, 3.63) is 24.3 Å². The Kier molecular flexibility index (Phi) is 1.85. The van der Waals surface area contributed by atoms with Gasteiger partial charge in [0.25, 0.3) is 0 Å². The summed E-state index contributed by atoms with van der Waals surface area (Å²) in [4.78, 5) is 3.06. The molecular formula is C10H11NO2. The number of ether oxygens (including phenoxy) is 1. The second-order valence-corrected chi connectivity index (χ2v) is 2.80. The lowest BCUT2D eigenvalue weighted by Crippen LogP contribution is -1.89. The highest BCUT2D eigenvalue weighted by Crippen LogP contribution is 2.27. The zero-order valence-electron chi connectivity index (χ0n) is 7.37. The van der Waals surface area contributed by atoms with Gasteiger partial charge in [0.15, 0.2) is 5.88 Å². The van der Waals surface area contributed by atoms with Gasteiger partial charge in [-0.15, -0.1) is 0 Å². The Balaban J connectivity index is 2.55. The minimum atomic E-state index is 0.278. The molecule has 0 aliphatic rings. The van der Waals surface area contributed by atoms with E-state index in [-0.39, 0.29) is 5.75 Å². The van der Waals surface area contributed by atoms with Gasteiger partial charge < -0.3 is 14.8 Å². The molecule has 0 amide bonds. The summed E-state index contributed by atoms with van der Waals surface area (Å²) in [5.41, 5.74) is 0.892. The first-order valence-electron chi connectivity index (χ1n) is 4.24. The monoisotopic (exact) mass is 177 g/mol. The maximum absolute atomic E-state index is 9.48. The van der Waals surface area contributed by atoms with Crippen LogP contribution in [0.2, 0.25) is 0 Å². The molecule has 13 heavy (non-hydrogen) atoms. The molecule has 3 nitrogen and oxygen atoms in total. The molecule has 0 unspecified atom stereocenters. The summed E-state index contributed by atoms with van der Waals surface area (Å²) in [6.45, 7) is 2.54. The molecule has 2 rings (SSSR count). The molecule has 0 fully saturated rings. The fourth-order valence-corrected chi connectivity index (χ4v) is 1.35. The van der Waals surface area contributed by atoms with Gasteiger partial charge in [-0.2, -0.15) is 0 Å². The molecule has 1 aromatic carbocycles. The van der Waals surface area contributed by atoms with Crippen LogP contribution in [-0.4, -0.2) is 16.7 Å². The fourth-order valence-electron chi connectivity index (χ4n) is 1.35. The normalized spacial score (nSPS) is 10.5. The summed E-state index contributed by atoms with van der Waals surface area (Å²) in [6.07, 6.45) is 0. The number of aromatic hydroxyl groups is 1. The van der Waals surface area contributed by atoms with E-state index in [4.69, 9.17) is 4.74 Å². The molecule has 1 heterocycles. The van der Waals surface area contributed by atoms with Crippen molar-refractivity contribution in [1.82, 2.24) is 4.98 Å². The summed E-state index contributed by atoms with van der Waals surface area (Å²) in [6, 6.07) is 7.15. The highest BCUT2D eigenvalue weighted by Gasteiger charge is 2.03. The SMILES string of the molecule is CCOc1cc2c(O)cccc2[nH]1. The van der Waals surface area contributed by atoms with E-state index in [1.807, 2.05) is 13.0 Å². The van der Waals surface area contributed by atoms with Gasteiger partial charge in [-0.1, -0.05) is 6.07 Å². The third-order valence-electron chi connectivity index (χ3n) is 1.92. The summed E-state index contributed by atoms with van der Waals surface area (Å²) in [5.74, 6) is 0.971. The molecule has 0 bridgehead atoms. The maximum Gasteiger partial charge on any atom is 0.191 e. The number of phenolic OH excluding ortho intramolecular Hbond substituents is 1. The highest BCUT2D eigenvalue weighted by atomic mass is 16.5. The van der Waals surface area contributed by atoms with Crippen molar-refractivity contribution in [1.29, 1.82) is 0 Å². The lowest BCUT2D eigenvalue weighted by molar-refractivity contribution is 0.329. The standard InChI is InChI=1S/C10H11NO2/c1-2-13-10-6-7-8(11-10)4-3-5-9(7)12/h3-6,11-12H,2H2,1H3. The molecule has 0 radical (unpaired) electrons. The number of benzene rings is 1. The quantitative estimate of drug-likeness (QED) is 0.739. The first-order chi connectivity index (χ1) is 6.31. The van der Waals surface area contributed by atoms with E-state index in [2.05, 4.69) is 4.98 Å². The Morgan fingerprint density at radius 1 is 1.46 bits per heavy atom. The molecule has 0 aliphatic carbocycles. The maximum atomic E-state index is 9.48. The smallest absolute Gasteiger partial charge is 0.191 e. The van der Waals surface area contributed by atoms with Crippen molar-refractivity contribution in [2.75, 3.05) is 6.61 Å². The average Bonchev–Trinajstić information content (AvgIpc) is 2.49. The van der Waals surface area contributed by atoms with Crippen molar-refractivity contribution in [2.24, 2.45) is 0 Å². The lowest BCUT2D eigenvalue weighted by Gasteiger charge is -1.95. The number of aromatic amines is 1. The number of hydrogen-bond acceptors (Lipinski definition) is 2. The van der Waals surface area contributed by atoms with Crippen molar-refractivity contribution in [3.63, 3.8) is 0 Å². The minimum Gasteiger partial charge on any atom is -0.507 e. The zero-order chi connectivity index (χ0) is 9.26. The number of nitrogens with one attached hydrogen (secondary N) is 1. The molecule has 0 atom stereocenters. The lowest BCUT2D eigenvalue weighted by atomic mass is 10.2. The van der Waals surface area contributed by atoms with Crippen LogP contribution in [0.1, 0.15) is 6.92 Å². The Morgan fingerprint density at radius 2 is 2.31 bits per heavy atom. The van der Waals surface area contributed by atoms with Crippen LogP contribution in [0.25, 0.3) is 10.9 Å². The summed E-state index contributed by atoms with van der Waals surface area (Å²) in [7, 11) is 0. The molecule has 2 aromatic rings. The molecule has 1 aromatic heterocycles. The van der Waals surface area contributed by atoms with Gasteiger partial charge in [0.1, 0.15) is 5.75 Å². The van der Waals surface area contributed by atoms with Crippen molar-refractivity contribution in [2.45, 2.75) is 6.92 Å². The third kappa shape index (κ3) is 1.33. The topological polar surface area (TPSA) is 45.2 Å². The predicted molar refractivity (Wildman–Crippen MR) is 51.1 cm³/mol. The van der Waals surface area contributed by atoms with Crippen LogP contribution in [0.3, 0.4) is 0 Å². The number of hydrogen-bond donors (Lipinski definition) is 2. The second-order valence-electron chi connectivity index (χ2n) is 2.80. The Hall–Kier alpha value is -1.64.